The van der Waals surface area contributed by atoms with E-state index in [1.165, 1.54) is 0 Å². The van der Waals surface area contributed by atoms with Gasteiger partial charge in [0.05, 0.1) is 11.1 Å². The molecule has 0 bridgehead atoms. The monoisotopic (exact) mass is 431 g/mol. The van der Waals surface area contributed by atoms with E-state index < -0.39 is 12.1 Å². The quantitative estimate of drug-likeness (QED) is 0.606. The highest BCUT2D eigenvalue weighted by molar-refractivity contribution is 6.06. The van der Waals surface area contributed by atoms with Crippen molar-refractivity contribution in [1.82, 2.24) is 9.88 Å². The van der Waals surface area contributed by atoms with Gasteiger partial charge in [-0.05, 0) is 56.6 Å². The summed E-state index contributed by atoms with van der Waals surface area (Å²) in [6.07, 6.45) is -0.144. The van der Waals surface area contributed by atoms with Crippen molar-refractivity contribution in [2.24, 2.45) is 0 Å². The molecule has 0 aliphatic carbocycles. The lowest BCUT2D eigenvalue weighted by atomic mass is 9.95. The van der Waals surface area contributed by atoms with Crippen LogP contribution in [0.2, 0.25) is 0 Å². The van der Waals surface area contributed by atoms with E-state index >= 15 is 0 Å². The molecule has 1 amide bonds. The average molecular weight is 432 g/mol. The third-order valence-corrected chi connectivity index (χ3v) is 6.20. The number of likely N-dealkylation sites (N-methyl/N-ethyl adjacent to an activating group) is 1. The van der Waals surface area contributed by atoms with Crippen molar-refractivity contribution in [2.75, 3.05) is 18.4 Å². The number of para-hydroxylation sites is 1. The van der Waals surface area contributed by atoms with Crippen LogP contribution < -0.4 is 5.32 Å². The van der Waals surface area contributed by atoms with Crippen molar-refractivity contribution in [3.8, 4) is 0 Å². The number of ether oxygens (including phenoxy) is 1. The molecule has 1 atom stereocenters. The van der Waals surface area contributed by atoms with E-state index in [-0.39, 0.29) is 5.91 Å². The number of aromatic nitrogens is 1. The number of nitrogens with one attached hydrogen (secondary N) is 1. The van der Waals surface area contributed by atoms with E-state index in [4.69, 9.17) is 9.72 Å². The van der Waals surface area contributed by atoms with Crippen LogP contribution in [-0.4, -0.2) is 41.0 Å². The first kappa shape index (κ1) is 22.0. The summed E-state index contributed by atoms with van der Waals surface area (Å²) in [4.78, 5) is 33.1. The summed E-state index contributed by atoms with van der Waals surface area (Å²) in [5.41, 5.74) is 6.06. The first-order valence-corrected chi connectivity index (χ1v) is 11.1. The lowest BCUT2D eigenvalue weighted by Gasteiger charge is -2.29. The highest BCUT2D eigenvalue weighted by Crippen LogP contribution is 2.29. The Morgan fingerprint density at radius 2 is 1.94 bits per heavy atom. The Balaban J connectivity index is 1.60. The second kappa shape index (κ2) is 9.09. The number of rotatable bonds is 5. The van der Waals surface area contributed by atoms with Gasteiger partial charge in [0.1, 0.15) is 0 Å². The predicted molar refractivity (Wildman–Crippen MR) is 126 cm³/mol. The van der Waals surface area contributed by atoms with Gasteiger partial charge < -0.3 is 10.1 Å². The largest absolute Gasteiger partial charge is 0.449 e. The van der Waals surface area contributed by atoms with E-state index in [0.717, 1.165) is 52.8 Å². The number of benzene rings is 2. The number of nitrogens with zero attached hydrogens (tertiary/aromatic N) is 2. The highest BCUT2D eigenvalue weighted by Gasteiger charge is 2.28. The second-order valence-corrected chi connectivity index (χ2v) is 8.38. The fourth-order valence-electron chi connectivity index (χ4n) is 4.09. The molecule has 0 saturated carbocycles. The molecule has 4 rings (SSSR count). The first-order chi connectivity index (χ1) is 15.4. The lowest BCUT2D eigenvalue weighted by Crippen LogP contribution is -2.34. The van der Waals surface area contributed by atoms with Crippen LogP contribution in [0, 0.1) is 13.8 Å². The van der Waals surface area contributed by atoms with Gasteiger partial charge in [0.2, 0.25) is 0 Å². The summed E-state index contributed by atoms with van der Waals surface area (Å²) in [5, 5.41) is 3.61. The zero-order valence-corrected chi connectivity index (χ0v) is 19.1. The molecule has 32 heavy (non-hydrogen) atoms. The van der Waals surface area contributed by atoms with E-state index in [0.29, 0.717) is 17.8 Å². The molecule has 2 heterocycles. The number of anilines is 1. The van der Waals surface area contributed by atoms with Gasteiger partial charge in [0.25, 0.3) is 5.91 Å². The molecule has 0 saturated heterocycles. The van der Waals surface area contributed by atoms with Gasteiger partial charge in [0, 0.05) is 41.8 Å². The number of carbonyl (C=O) groups excluding carboxylic acids is 2. The van der Waals surface area contributed by atoms with E-state index in [2.05, 4.69) is 17.1 Å². The van der Waals surface area contributed by atoms with Gasteiger partial charge in [-0.25, -0.2) is 4.79 Å². The maximum atomic E-state index is 13.3. The van der Waals surface area contributed by atoms with Crippen LogP contribution in [0.25, 0.3) is 10.9 Å². The fourth-order valence-corrected chi connectivity index (χ4v) is 4.09. The lowest BCUT2D eigenvalue weighted by molar-refractivity contribution is -0.123. The molecule has 1 N–H and O–H groups in total. The van der Waals surface area contributed by atoms with Crippen LogP contribution >= 0.6 is 0 Å². The van der Waals surface area contributed by atoms with Gasteiger partial charge in [-0.3, -0.25) is 14.7 Å². The van der Waals surface area contributed by atoms with Crippen molar-refractivity contribution >= 4 is 28.5 Å². The summed E-state index contributed by atoms with van der Waals surface area (Å²) in [7, 11) is 0. The van der Waals surface area contributed by atoms with Crippen molar-refractivity contribution in [1.29, 1.82) is 0 Å². The van der Waals surface area contributed by atoms with Crippen molar-refractivity contribution in [3.63, 3.8) is 0 Å². The van der Waals surface area contributed by atoms with Crippen LogP contribution in [0.15, 0.2) is 42.5 Å². The topological polar surface area (TPSA) is 71.5 Å². The molecule has 3 aromatic rings. The van der Waals surface area contributed by atoms with Crippen molar-refractivity contribution in [2.45, 2.75) is 46.8 Å². The minimum Gasteiger partial charge on any atom is -0.449 e. The molecule has 166 valence electrons. The number of esters is 1. The molecule has 0 radical (unpaired) electrons. The zero-order valence-electron chi connectivity index (χ0n) is 19.1. The normalized spacial score (nSPS) is 14.6. The Morgan fingerprint density at radius 1 is 1.16 bits per heavy atom. The van der Waals surface area contributed by atoms with Crippen LogP contribution in [0.3, 0.4) is 0 Å². The maximum absolute atomic E-state index is 13.3. The van der Waals surface area contributed by atoms with E-state index in [1.807, 2.05) is 56.3 Å². The highest BCUT2D eigenvalue weighted by atomic mass is 16.5. The third kappa shape index (κ3) is 4.36. The number of hydrogen-bond donors (Lipinski definition) is 1. The molecule has 6 nitrogen and oxygen atoms in total. The molecule has 1 aliphatic heterocycles. The molecule has 6 heteroatoms. The molecular formula is C26H29N3O3. The molecule has 0 spiro atoms. The van der Waals surface area contributed by atoms with Gasteiger partial charge in [-0.1, -0.05) is 31.2 Å². The minimum absolute atomic E-state index is 0.357. The van der Waals surface area contributed by atoms with Gasteiger partial charge in [-0.15, -0.1) is 0 Å². The number of aryl methyl sites for hydroxylation is 2. The molecule has 2 aromatic carbocycles. The predicted octanol–water partition coefficient (Wildman–Crippen LogP) is 4.41. The molecule has 0 fully saturated rings. The minimum atomic E-state index is -0.933. The Bertz CT molecular complexity index is 1190. The Labute approximate surface area is 188 Å². The van der Waals surface area contributed by atoms with Crippen molar-refractivity contribution in [3.05, 3.63) is 70.4 Å². The standard InChI is InChI=1S/C26H29N3O3/c1-5-29-13-12-23-21(15-29)24(20-8-6-7-9-22(20)28-23)26(31)32-18(4)25(30)27-19-11-10-16(2)17(3)14-19/h6-11,14,18H,5,12-13,15H2,1-4H3,(H,27,30). The van der Waals surface area contributed by atoms with Crippen LogP contribution in [0.1, 0.15) is 46.6 Å². The maximum Gasteiger partial charge on any atom is 0.339 e. The number of amides is 1. The smallest absolute Gasteiger partial charge is 0.339 e. The molecule has 1 aliphatic rings. The summed E-state index contributed by atoms with van der Waals surface area (Å²) in [6.45, 7) is 10.2. The molecule has 1 aromatic heterocycles. The Hall–Kier alpha value is -3.25. The molecular weight excluding hydrogens is 402 g/mol. The molecule has 1 unspecified atom stereocenters. The van der Waals surface area contributed by atoms with E-state index in [9.17, 15) is 9.59 Å². The summed E-state index contributed by atoms with van der Waals surface area (Å²) in [5.74, 6) is -0.843. The number of fused-ring (bicyclic) bond motifs is 2. The Morgan fingerprint density at radius 3 is 2.69 bits per heavy atom. The van der Waals surface area contributed by atoms with E-state index in [1.54, 1.807) is 6.92 Å². The SMILES string of the molecule is CCN1CCc2nc3ccccc3c(C(=O)OC(C)C(=O)Nc3ccc(C)c(C)c3)c2C1. The number of carbonyl (C=O) groups is 2. The first-order valence-electron chi connectivity index (χ1n) is 11.1. The summed E-state index contributed by atoms with van der Waals surface area (Å²) < 4.78 is 5.67. The summed E-state index contributed by atoms with van der Waals surface area (Å²) >= 11 is 0. The van der Waals surface area contributed by atoms with Crippen LogP contribution in [0.4, 0.5) is 5.69 Å². The van der Waals surface area contributed by atoms with Crippen molar-refractivity contribution < 1.29 is 14.3 Å². The summed E-state index contributed by atoms with van der Waals surface area (Å²) in [6, 6.07) is 13.3. The van der Waals surface area contributed by atoms with Gasteiger partial charge >= 0.3 is 5.97 Å². The number of pyridine rings is 1. The number of hydrogen-bond acceptors (Lipinski definition) is 5. The van der Waals surface area contributed by atoms with Gasteiger partial charge in [0.15, 0.2) is 6.10 Å². The fraction of sp³-hybridized carbons (Fsp3) is 0.346. The average Bonchev–Trinajstić information content (AvgIpc) is 2.79. The van der Waals surface area contributed by atoms with Crippen LogP contribution in [-0.2, 0) is 22.5 Å². The Kier molecular flexibility index (Phi) is 6.24. The second-order valence-electron chi connectivity index (χ2n) is 8.38. The van der Waals surface area contributed by atoms with Gasteiger partial charge in [-0.2, -0.15) is 0 Å². The van der Waals surface area contributed by atoms with Crippen LogP contribution in [0.5, 0.6) is 0 Å². The zero-order chi connectivity index (χ0) is 22.8. The third-order valence-electron chi connectivity index (χ3n) is 6.20.